The van der Waals surface area contributed by atoms with Crippen LogP contribution in [0.5, 0.6) is 0 Å². The van der Waals surface area contributed by atoms with E-state index in [1.54, 1.807) is 9.13 Å². The molecule has 8 nitrogen and oxygen atoms in total. The Labute approximate surface area is 184 Å². The number of unbranched alkanes of at least 4 members (excludes halogenated alkanes) is 2. The summed E-state index contributed by atoms with van der Waals surface area (Å²) in [6.07, 6.45) is 9.56. The topological polar surface area (TPSA) is 100 Å². The quantitative estimate of drug-likeness (QED) is 0.318. The van der Waals surface area contributed by atoms with Gasteiger partial charge in [0.05, 0.1) is 11.5 Å². The van der Waals surface area contributed by atoms with Crippen LogP contribution in [0.4, 0.5) is 0 Å². The zero-order chi connectivity index (χ0) is 22.4. The third-order valence-electron chi connectivity index (χ3n) is 4.62. The lowest BCUT2D eigenvalue weighted by atomic mass is 10.3. The van der Waals surface area contributed by atoms with Crippen LogP contribution in [0.25, 0.3) is 0 Å². The first kappa shape index (κ1) is 24.5. The van der Waals surface area contributed by atoms with E-state index in [0.717, 1.165) is 0 Å². The van der Waals surface area contributed by atoms with E-state index in [0.29, 0.717) is 38.8 Å². The standard InChI is InChI=1S/C22H30N4O4S/c27-21(19-25-13-5-1-6-14-25)23-11-3-9-17-31(29,30)18-10-4-12-24-22(28)20-26-15-7-2-8-16-26/h1-2,5-8,13-16H,3-4,9-12,17-20H2/p+2. The number of sulfone groups is 1. The molecule has 0 saturated heterocycles. The van der Waals surface area contributed by atoms with Crippen LogP contribution in [0.1, 0.15) is 25.7 Å². The smallest absolute Gasteiger partial charge is 0.285 e. The predicted octanol–water partition coefficient (Wildman–Crippen LogP) is 0.169. The van der Waals surface area contributed by atoms with E-state index in [1.165, 1.54) is 0 Å². The maximum absolute atomic E-state index is 12.1. The van der Waals surface area contributed by atoms with Crippen LogP contribution in [0.2, 0.25) is 0 Å². The summed E-state index contributed by atoms with van der Waals surface area (Å²) < 4.78 is 27.8. The second-order valence-corrected chi connectivity index (χ2v) is 9.67. The van der Waals surface area contributed by atoms with Crippen molar-refractivity contribution in [2.45, 2.75) is 38.8 Å². The number of hydrogen-bond donors (Lipinski definition) is 2. The van der Waals surface area contributed by atoms with E-state index in [1.807, 2.05) is 61.2 Å². The first-order valence-corrected chi connectivity index (χ1v) is 12.4. The Hall–Kier alpha value is -2.81. The van der Waals surface area contributed by atoms with Crippen molar-refractivity contribution < 1.29 is 27.1 Å². The molecular weight excluding hydrogens is 416 g/mol. The van der Waals surface area contributed by atoms with Gasteiger partial charge in [-0.2, -0.15) is 9.13 Å². The average Bonchev–Trinajstić information content (AvgIpc) is 2.74. The minimum absolute atomic E-state index is 0.0910. The number of carbonyl (C=O) groups excluding carboxylic acids is 2. The minimum atomic E-state index is -3.11. The van der Waals surface area contributed by atoms with Gasteiger partial charge in [-0.1, -0.05) is 12.1 Å². The molecule has 0 aliphatic carbocycles. The lowest BCUT2D eigenvalue weighted by Crippen LogP contribution is -2.42. The molecule has 2 heterocycles. The summed E-state index contributed by atoms with van der Waals surface area (Å²) in [5.74, 6) is 0.0548. The van der Waals surface area contributed by atoms with Gasteiger partial charge in [0.15, 0.2) is 24.8 Å². The Balaban J connectivity index is 1.49. The molecule has 0 aliphatic rings. The van der Waals surface area contributed by atoms with Gasteiger partial charge in [-0.25, -0.2) is 8.42 Å². The van der Waals surface area contributed by atoms with Gasteiger partial charge in [-0.05, 0) is 25.7 Å². The molecule has 168 valence electrons. The Morgan fingerprint density at radius 2 is 1.00 bits per heavy atom. The third-order valence-corrected chi connectivity index (χ3v) is 6.44. The van der Waals surface area contributed by atoms with Gasteiger partial charge in [-0.15, -0.1) is 0 Å². The fourth-order valence-electron chi connectivity index (χ4n) is 2.97. The Morgan fingerprint density at radius 1 is 0.613 bits per heavy atom. The Bertz CT molecular complexity index is 836. The summed E-state index contributed by atoms with van der Waals surface area (Å²) in [6, 6.07) is 11.2. The largest absolute Gasteiger partial charge is 0.351 e. The monoisotopic (exact) mass is 448 g/mol. The highest BCUT2D eigenvalue weighted by Gasteiger charge is 2.12. The molecule has 0 atom stereocenters. The highest BCUT2D eigenvalue weighted by molar-refractivity contribution is 7.91. The van der Waals surface area contributed by atoms with Crippen molar-refractivity contribution in [1.29, 1.82) is 0 Å². The molecule has 0 radical (unpaired) electrons. The maximum Gasteiger partial charge on any atom is 0.285 e. The average molecular weight is 449 g/mol. The Morgan fingerprint density at radius 3 is 1.39 bits per heavy atom. The zero-order valence-corrected chi connectivity index (χ0v) is 18.6. The van der Waals surface area contributed by atoms with Gasteiger partial charge < -0.3 is 10.6 Å². The number of rotatable bonds is 14. The highest BCUT2D eigenvalue weighted by atomic mass is 32.2. The molecule has 2 aromatic rings. The number of nitrogens with one attached hydrogen (secondary N) is 2. The van der Waals surface area contributed by atoms with Crippen molar-refractivity contribution >= 4 is 21.7 Å². The van der Waals surface area contributed by atoms with Crippen molar-refractivity contribution in [3.8, 4) is 0 Å². The first-order chi connectivity index (χ1) is 14.9. The molecule has 9 heteroatoms. The van der Waals surface area contributed by atoms with Gasteiger partial charge in [0.25, 0.3) is 11.8 Å². The SMILES string of the molecule is O=C(C[n+]1ccccc1)NCCCCS(=O)(=O)CCCCNC(=O)C[n+]1ccccc1. The van der Waals surface area contributed by atoms with Gasteiger partial charge in [0.1, 0.15) is 9.84 Å². The fraction of sp³-hybridized carbons (Fsp3) is 0.455. The maximum atomic E-state index is 12.1. The number of hydrogen-bond acceptors (Lipinski definition) is 4. The van der Waals surface area contributed by atoms with E-state index >= 15 is 0 Å². The molecule has 2 amide bonds. The van der Waals surface area contributed by atoms with Gasteiger partial charge in [0, 0.05) is 37.4 Å². The summed E-state index contributed by atoms with van der Waals surface area (Å²) in [6.45, 7) is 1.43. The molecule has 0 aliphatic heterocycles. The van der Waals surface area contributed by atoms with Crippen LogP contribution < -0.4 is 19.8 Å². The number of carbonyl (C=O) groups is 2. The molecular formula is C22H32N4O4S+2. The second kappa shape index (κ2) is 13.5. The van der Waals surface area contributed by atoms with Gasteiger partial charge >= 0.3 is 0 Å². The molecule has 0 unspecified atom stereocenters. The molecule has 0 bridgehead atoms. The molecule has 2 N–H and O–H groups in total. The first-order valence-electron chi connectivity index (χ1n) is 10.6. The van der Waals surface area contributed by atoms with Gasteiger partial charge in [-0.3, -0.25) is 9.59 Å². The minimum Gasteiger partial charge on any atom is -0.351 e. The van der Waals surface area contributed by atoms with Crippen LogP contribution in [-0.2, 0) is 32.5 Å². The third kappa shape index (κ3) is 11.2. The lowest BCUT2D eigenvalue weighted by molar-refractivity contribution is -0.684. The molecule has 2 aromatic heterocycles. The number of aromatic nitrogens is 2. The van der Waals surface area contributed by atoms with E-state index in [-0.39, 0.29) is 36.4 Å². The Kier molecular flexibility index (Phi) is 10.6. The van der Waals surface area contributed by atoms with Crippen LogP contribution in [0, 0.1) is 0 Å². The molecule has 0 aromatic carbocycles. The van der Waals surface area contributed by atoms with Crippen molar-refractivity contribution in [3.63, 3.8) is 0 Å². The van der Waals surface area contributed by atoms with Crippen LogP contribution >= 0.6 is 0 Å². The van der Waals surface area contributed by atoms with Crippen LogP contribution in [0.3, 0.4) is 0 Å². The summed E-state index contributed by atoms with van der Waals surface area (Å²) in [5, 5.41) is 5.62. The predicted molar refractivity (Wildman–Crippen MR) is 116 cm³/mol. The van der Waals surface area contributed by atoms with Crippen molar-refractivity contribution in [3.05, 3.63) is 61.2 Å². The van der Waals surface area contributed by atoms with E-state index in [9.17, 15) is 18.0 Å². The molecule has 0 fully saturated rings. The summed E-state index contributed by atoms with van der Waals surface area (Å²) in [5.41, 5.74) is 0. The molecule has 0 spiro atoms. The number of nitrogens with zero attached hydrogens (tertiary/aromatic N) is 2. The van der Waals surface area contributed by atoms with Crippen LogP contribution in [-0.4, -0.2) is 44.8 Å². The lowest BCUT2D eigenvalue weighted by Gasteiger charge is -2.06. The van der Waals surface area contributed by atoms with E-state index in [4.69, 9.17) is 0 Å². The number of amides is 2. The summed E-state index contributed by atoms with van der Waals surface area (Å²) in [7, 11) is -3.11. The van der Waals surface area contributed by atoms with Crippen molar-refractivity contribution in [2.75, 3.05) is 24.6 Å². The summed E-state index contributed by atoms with van der Waals surface area (Å²) >= 11 is 0. The molecule has 0 saturated carbocycles. The second-order valence-electron chi connectivity index (χ2n) is 7.36. The van der Waals surface area contributed by atoms with E-state index in [2.05, 4.69) is 10.6 Å². The van der Waals surface area contributed by atoms with Gasteiger partial charge in [0.2, 0.25) is 13.1 Å². The van der Waals surface area contributed by atoms with E-state index < -0.39 is 9.84 Å². The van der Waals surface area contributed by atoms with Crippen molar-refractivity contribution in [1.82, 2.24) is 10.6 Å². The normalized spacial score (nSPS) is 11.1. The zero-order valence-electron chi connectivity index (χ0n) is 17.8. The highest BCUT2D eigenvalue weighted by Crippen LogP contribution is 2.01. The number of pyridine rings is 2. The fourth-order valence-corrected chi connectivity index (χ4v) is 4.47. The molecule has 2 rings (SSSR count). The summed E-state index contributed by atoms with van der Waals surface area (Å²) in [4.78, 5) is 23.7. The van der Waals surface area contributed by atoms with Crippen molar-refractivity contribution in [2.24, 2.45) is 0 Å². The molecule has 31 heavy (non-hydrogen) atoms. The van der Waals surface area contributed by atoms with Crippen LogP contribution in [0.15, 0.2) is 61.2 Å².